The molecule has 2 aromatic carbocycles. The summed E-state index contributed by atoms with van der Waals surface area (Å²) in [5, 5.41) is 15.8. The molecule has 0 bridgehead atoms. The third-order valence-electron chi connectivity index (χ3n) is 4.57. The number of carbonyl (C=O) groups is 1. The number of pyridine rings is 1. The van der Waals surface area contributed by atoms with Crippen molar-refractivity contribution < 1.29 is 14.4 Å². The second kappa shape index (κ2) is 9.11. The van der Waals surface area contributed by atoms with E-state index in [9.17, 15) is 4.79 Å². The molecule has 0 fully saturated rings. The van der Waals surface area contributed by atoms with Crippen molar-refractivity contribution in [2.24, 2.45) is 0 Å². The molecule has 0 aliphatic carbocycles. The number of nitrogens with zero attached hydrogens (tertiary/aromatic N) is 3. The Balaban J connectivity index is 1.42. The van der Waals surface area contributed by atoms with E-state index in [1.54, 1.807) is 6.20 Å². The van der Waals surface area contributed by atoms with Crippen LogP contribution in [0.15, 0.2) is 77.4 Å². The number of nitrogens with one attached hydrogen (secondary N) is 1. The van der Waals surface area contributed by atoms with Crippen molar-refractivity contribution in [1.29, 1.82) is 0 Å². The predicted molar refractivity (Wildman–Crippen MR) is 112 cm³/mol. The summed E-state index contributed by atoms with van der Waals surface area (Å²) >= 11 is 0. The topological polar surface area (TPSA) is 101 Å². The number of hydrogen-bond acceptors (Lipinski definition) is 6. The smallest absolute Gasteiger partial charge is 0.304 e. The molecule has 0 atom stereocenters. The van der Waals surface area contributed by atoms with Gasteiger partial charge in [0, 0.05) is 30.4 Å². The SMILES string of the molecule is O=C(O)CCNCc1ccc(-c2noc(-c3ccc(-c4ccccc4)cn3)n2)cc1. The van der Waals surface area contributed by atoms with Gasteiger partial charge in [0.15, 0.2) is 0 Å². The lowest BCUT2D eigenvalue weighted by molar-refractivity contribution is -0.136. The number of rotatable bonds is 8. The lowest BCUT2D eigenvalue weighted by Crippen LogP contribution is -2.17. The van der Waals surface area contributed by atoms with Crippen molar-refractivity contribution in [3.8, 4) is 34.1 Å². The van der Waals surface area contributed by atoms with Crippen LogP contribution < -0.4 is 5.32 Å². The Morgan fingerprint density at radius 1 is 0.933 bits per heavy atom. The lowest BCUT2D eigenvalue weighted by Gasteiger charge is -2.03. The number of carboxylic acids is 1. The molecule has 0 radical (unpaired) electrons. The normalized spacial score (nSPS) is 10.8. The highest BCUT2D eigenvalue weighted by atomic mass is 16.5. The third kappa shape index (κ3) is 4.76. The van der Waals surface area contributed by atoms with E-state index in [0.717, 1.165) is 22.3 Å². The summed E-state index contributed by atoms with van der Waals surface area (Å²) in [6, 6.07) is 21.6. The van der Waals surface area contributed by atoms with Gasteiger partial charge in [-0.1, -0.05) is 65.8 Å². The van der Waals surface area contributed by atoms with Crippen LogP contribution in [0, 0.1) is 0 Å². The molecule has 7 nitrogen and oxygen atoms in total. The quantitative estimate of drug-likeness (QED) is 0.431. The number of aliphatic carboxylic acids is 1. The van der Waals surface area contributed by atoms with Gasteiger partial charge in [-0.2, -0.15) is 4.98 Å². The Kier molecular flexibility index (Phi) is 5.91. The second-order valence-electron chi connectivity index (χ2n) is 6.74. The Labute approximate surface area is 173 Å². The minimum Gasteiger partial charge on any atom is -0.481 e. The van der Waals surface area contributed by atoms with E-state index >= 15 is 0 Å². The molecular weight excluding hydrogens is 380 g/mol. The fourth-order valence-electron chi connectivity index (χ4n) is 2.97. The Morgan fingerprint density at radius 2 is 1.70 bits per heavy atom. The average molecular weight is 400 g/mol. The van der Waals surface area contributed by atoms with E-state index in [-0.39, 0.29) is 6.42 Å². The van der Waals surface area contributed by atoms with Crippen LogP contribution in [0.25, 0.3) is 34.1 Å². The fourth-order valence-corrected chi connectivity index (χ4v) is 2.97. The number of carboxylic acid groups (broad SMARTS) is 1. The van der Waals surface area contributed by atoms with Gasteiger partial charge in [0.1, 0.15) is 5.69 Å². The maximum absolute atomic E-state index is 10.5. The zero-order chi connectivity index (χ0) is 20.8. The van der Waals surface area contributed by atoms with E-state index in [2.05, 4.69) is 20.4 Å². The van der Waals surface area contributed by atoms with E-state index in [4.69, 9.17) is 9.63 Å². The van der Waals surface area contributed by atoms with E-state index in [0.29, 0.717) is 30.5 Å². The van der Waals surface area contributed by atoms with Crippen molar-refractivity contribution in [2.45, 2.75) is 13.0 Å². The van der Waals surface area contributed by atoms with E-state index in [1.807, 2.05) is 66.7 Å². The van der Waals surface area contributed by atoms with Crippen LogP contribution in [0.1, 0.15) is 12.0 Å². The average Bonchev–Trinajstić information content (AvgIpc) is 3.28. The van der Waals surface area contributed by atoms with Crippen molar-refractivity contribution in [3.63, 3.8) is 0 Å². The largest absolute Gasteiger partial charge is 0.481 e. The molecule has 2 aromatic heterocycles. The second-order valence-corrected chi connectivity index (χ2v) is 6.74. The summed E-state index contributed by atoms with van der Waals surface area (Å²) in [5.41, 5.74) is 4.62. The van der Waals surface area contributed by atoms with Crippen LogP contribution in [-0.4, -0.2) is 32.7 Å². The maximum atomic E-state index is 10.5. The van der Waals surface area contributed by atoms with Gasteiger partial charge in [0.2, 0.25) is 5.82 Å². The van der Waals surface area contributed by atoms with Gasteiger partial charge in [0.05, 0.1) is 6.42 Å². The number of aromatic nitrogens is 3. The standard InChI is InChI=1S/C23H20N4O3/c28-21(29)12-13-24-14-16-6-8-18(9-7-16)22-26-23(30-27-22)20-11-10-19(15-25-20)17-4-2-1-3-5-17/h1-11,15,24H,12-14H2,(H,28,29). The monoisotopic (exact) mass is 400 g/mol. The van der Waals surface area contributed by atoms with Gasteiger partial charge in [-0.25, -0.2) is 0 Å². The Bertz CT molecular complexity index is 1110. The molecule has 0 saturated heterocycles. The van der Waals surface area contributed by atoms with E-state index in [1.165, 1.54) is 0 Å². The van der Waals surface area contributed by atoms with Crippen LogP contribution in [0.4, 0.5) is 0 Å². The summed E-state index contributed by atoms with van der Waals surface area (Å²) in [5.74, 6) is 0.0447. The summed E-state index contributed by atoms with van der Waals surface area (Å²) in [6.45, 7) is 1.03. The highest BCUT2D eigenvalue weighted by Gasteiger charge is 2.12. The molecule has 2 heterocycles. The minimum atomic E-state index is -0.810. The van der Waals surface area contributed by atoms with E-state index < -0.39 is 5.97 Å². The highest BCUT2D eigenvalue weighted by Crippen LogP contribution is 2.24. The highest BCUT2D eigenvalue weighted by molar-refractivity contribution is 5.67. The lowest BCUT2D eigenvalue weighted by atomic mass is 10.1. The van der Waals surface area contributed by atoms with Crippen LogP contribution >= 0.6 is 0 Å². The molecule has 7 heteroatoms. The molecule has 0 saturated carbocycles. The first-order valence-corrected chi connectivity index (χ1v) is 9.56. The fraction of sp³-hybridized carbons (Fsp3) is 0.130. The van der Waals surface area contributed by atoms with Crippen molar-refractivity contribution >= 4 is 5.97 Å². The number of benzene rings is 2. The Hall–Kier alpha value is -3.84. The first-order valence-electron chi connectivity index (χ1n) is 9.56. The molecule has 30 heavy (non-hydrogen) atoms. The number of hydrogen-bond donors (Lipinski definition) is 2. The molecule has 0 amide bonds. The van der Waals surface area contributed by atoms with Gasteiger partial charge in [-0.15, -0.1) is 0 Å². The van der Waals surface area contributed by atoms with Gasteiger partial charge >= 0.3 is 5.97 Å². The van der Waals surface area contributed by atoms with Gasteiger partial charge in [-0.3, -0.25) is 9.78 Å². The third-order valence-corrected chi connectivity index (χ3v) is 4.57. The van der Waals surface area contributed by atoms with Gasteiger partial charge in [-0.05, 0) is 17.2 Å². The first-order chi connectivity index (χ1) is 14.7. The molecule has 0 unspecified atom stereocenters. The summed E-state index contributed by atoms with van der Waals surface area (Å²) in [7, 11) is 0. The molecule has 2 N–H and O–H groups in total. The molecule has 0 spiro atoms. The van der Waals surface area contributed by atoms with Crippen LogP contribution in [0.5, 0.6) is 0 Å². The zero-order valence-electron chi connectivity index (χ0n) is 16.2. The summed E-state index contributed by atoms with van der Waals surface area (Å²) in [6.07, 6.45) is 1.89. The first kappa shape index (κ1) is 19.5. The maximum Gasteiger partial charge on any atom is 0.304 e. The zero-order valence-corrected chi connectivity index (χ0v) is 16.2. The van der Waals surface area contributed by atoms with Gasteiger partial charge in [0.25, 0.3) is 5.89 Å². The van der Waals surface area contributed by atoms with Crippen LogP contribution in [-0.2, 0) is 11.3 Å². The van der Waals surface area contributed by atoms with Gasteiger partial charge < -0.3 is 14.9 Å². The molecule has 150 valence electrons. The Morgan fingerprint density at radius 3 is 2.40 bits per heavy atom. The summed E-state index contributed by atoms with van der Waals surface area (Å²) < 4.78 is 5.39. The minimum absolute atomic E-state index is 0.101. The summed E-state index contributed by atoms with van der Waals surface area (Å²) in [4.78, 5) is 19.4. The predicted octanol–water partition coefficient (Wildman–Crippen LogP) is 4.03. The van der Waals surface area contributed by atoms with Crippen molar-refractivity contribution in [3.05, 3.63) is 78.5 Å². The van der Waals surface area contributed by atoms with Crippen molar-refractivity contribution in [2.75, 3.05) is 6.54 Å². The van der Waals surface area contributed by atoms with Crippen LogP contribution in [0.2, 0.25) is 0 Å². The molecular formula is C23H20N4O3. The molecule has 0 aliphatic heterocycles. The van der Waals surface area contributed by atoms with Crippen molar-refractivity contribution in [1.82, 2.24) is 20.4 Å². The van der Waals surface area contributed by atoms with Crippen LogP contribution in [0.3, 0.4) is 0 Å². The molecule has 4 aromatic rings. The molecule has 4 rings (SSSR count). The molecule has 0 aliphatic rings.